The van der Waals surface area contributed by atoms with Gasteiger partial charge in [0.25, 0.3) is 5.91 Å². The fourth-order valence-corrected chi connectivity index (χ4v) is 2.29. The van der Waals surface area contributed by atoms with Crippen LogP contribution in [0.1, 0.15) is 30.1 Å². The molecule has 0 atom stereocenters. The second-order valence-corrected chi connectivity index (χ2v) is 4.53. The van der Waals surface area contributed by atoms with Crippen LogP contribution in [0.4, 0.5) is 0 Å². The highest BCUT2D eigenvalue weighted by atomic mass is 16.2. The van der Waals surface area contributed by atoms with E-state index in [4.69, 9.17) is 0 Å². The third kappa shape index (κ3) is 2.85. The first kappa shape index (κ1) is 12.1. The molecule has 0 radical (unpaired) electrons. The van der Waals surface area contributed by atoms with E-state index in [0.29, 0.717) is 11.6 Å². The standard InChI is InChI=1S/C12H20N4O/c1-3-13-11-4-6-16(7-5-11)12(17)10-8-14-15(2)9-10/h8-9,11,13H,3-7H2,1-2H3. The van der Waals surface area contributed by atoms with Gasteiger partial charge >= 0.3 is 0 Å². The number of hydrogen-bond donors (Lipinski definition) is 1. The van der Waals surface area contributed by atoms with Gasteiger partial charge in [-0.25, -0.2) is 0 Å². The average Bonchev–Trinajstić information content (AvgIpc) is 2.76. The van der Waals surface area contributed by atoms with Crippen molar-refractivity contribution in [2.45, 2.75) is 25.8 Å². The number of carbonyl (C=O) groups excluding carboxylic acids is 1. The number of nitrogens with one attached hydrogen (secondary N) is 1. The molecule has 0 bridgehead atoms. The van der Waals surface area contributed by atoms with Crippen molar-refractivity contribution in [3.05, 3.63) is 18.0 Å². The number of hydrogen-bond acceptors (Lipinski definition) is 3. The van der Waals surface area contributed by atoms with Crippen LogP contribution in [-0.2, 0) is 7.05 Å². The molecule has 5 nitrogen and oxygen atoms in total. The topological polar surface area (TPSA) is 50.2 Å². The molecule has 5 heteroatoms. The number of likely N-dealkylation sites (tertiary alicyclic amines) is 1. The van der Waals surface area contributed by atoms with E-state index in [1.807, 2.05) is 11.9 Å². The zero-order valence-corrected chi connectivity index (χ0v) is 10.5. The summed E-state index contributed by atoms with van der Waals surface area (Å²) < 4.78 is 1.67. The van der Waals surface area contributed by atoms with Crippen LogP contribution in [0, 0.1) is 0 Å². The first-order valence-electron chi connectivity index (χ1n) is 6.22. The fourth-order valence-electron chi connectivity index (χ4n) is 2.29. The SMILES string of the molecule is CCNC1CCN(C(=O)c2cnn(C)c2)CC1. The normalized spacial score (nSPS) is 17.4. The van der Waals surface area contributed by atoms with Crippen molar-refractivity contribution >= 4 is 5.91 Å². The van der Waals surface area contributed by atoms with E-state index < -0.39 is 0 Å². The number of amides is 1. The largest absolute Gasteiger partial charge is 0.338 e. The molecule has 1 N–H and O–H groups in total. The van der Waals surface area contributed by atoms with Crippen molar-refractivity contribution in [3.63, 3.8) is 0 Å². The number of carbonyl (C=O) groups is 1. The minimum Gasteiger partial charge on any atom is -0.338 e. The molecule has 0 saturated carbocycles. The Hall–Kier alpha value is -1.36. The van der Waals surface area contributed by atoms with E-state index in [2.05, 4.69) is 17.3 Å². The lowest BCUT2D eigenvalue weighted by Crippen LogP contribution is -2.44. The van der Waals surface area contributed by atoms with Gasteiger partial charge in [0, 0.05) is 32.4 Å². The molecule has 1 aromatic heterocycles. The van der Waals surface area contributed by atoms with Crippen LogP contribution in [0.2, 0.25) is 0 Å². The minimum atomic E-state index is 0.105. The van der Waals surface area contributed by atoms with Gasteiger partial charge in [-0.1, -0.05) is 6.92 Å². The second-order valence-electron chi connectivity index (χ2n) is 4.53. The lowest BCUT2D eigenvalue weighted by molar-refractivity contribution is 0.0706. The molecule has 2 heterocycles. The first-order chi connectivity index (χ1) is 8.20. The predicted molar refractivity (Wildman–Crippen MR) is 65.8 cm³/mol. The summed E-state index contributed by atoms with van der Waals surface area (Å²) in [6.07, 6.45) is 5.50. The van der Waals surface area contributed by atoms with Crippen LogP contribution in [0.15, 0.2) is 12.4 Å². The Bertz CT molecular complexity index is 380. The molecule has 0 spiro atoms. The number of rotatable bonds is 3. The third-order valence-electron chi connectivity index (χ3n) is 3.23. The zero-order valence-electron chi connectivity index (χ0n) is 10.5. The van der Waals surface area contributed by atoms with E-state index in [-0.39, 0.29) is 5.91 Å². The number of piperidine rings is 1. The van der Waals surface area contributed by atoms with E-state index in [0.717, 1.165) is 32.5 Å². The van der Waals surface area contributed by atoms with Crippen molar-refractivity contribution in [1.82, 2.24) is 20.0 Å². The van der Waals surface area contributed by atoms with Crippen molar-refractivity contribution in [2.75, 3.05) is 19.6 Å². The van der Waals surface area contributed by atoms with Gasteiger partial charge in [-0.3, -0.25) is 9.48 Å². The molecule has 1 aromatic rings. The van der Waals surface area contributed by atoms with Crippen LogP contribution in [-0.4, -0.2) is 46.3 Å². The van der Waals surface area contributed by atoms with Gasteiger partial charge in [0.05, 0.1) is 11.8 Å². The molecule has 0 unspecified atom stereocenters. The highest BCUT2D eigenvalue weighted by Gasteiger charge is 2.23. The minimum absolute atomic E-state index is 0.105. The average molecular weight is 236 g/mol. The van der Waals surface area contributed by atoms with E-state index in [1.165, 1.54) is 0 Å². The Morgan fingerprint density at radius 1 is 1.53 bits per heavy atom. The molecule has 2 rings (SSSR count). The van der Waals surface area contributed by atoms with Gasteiger partial charge < -0.3 is 10.2 Å². The highest BCUT2D eigenvalue weighted by molar-refractivity contribution is 5.93. The van der Waals surface area contributed by atoms with Crippen molar-refractivity contribution in [2.24, 2.45) is 7.05 Å². The quantitative estimate of drug-likeness (QED) is 0.837. The van der Waals surface area contributed by atoms with Gasteiger partial charge in [-0.15, -0.1) is 0 Å². The molecular formula is C12H20N4O. The van der Waals surface area contributed by atoms with Gasteiger partial charge in [-0.2, -0.15) is 5.10 Å². The van der Waals surface area contributed by atoms with Gasteiger partial charge in [0.2, 0.25) is 0 Å². The maximum atomic E-state index is 12.1. The highest BCUT2D eigenvalue weighted by Crippen LogP contribution is 2.13. The lowest BCUT2D eigenvalue weighted by atomic mass is 10.0. The summed E-state index contributed by atoms with van der Waals surface area (Å²) in [6.45, 7) is 4.80. The maximum Gasteiger partial charge on any atom is 0.257 e. The van der Waals surface area contributed by atoms with Gasteiger partial charge in [0.1, 0.15) is 0 Å². The fraction of sp³-hybridized carbons (Fsp3) is 0.667. The number of aromatic nitrogens is 2. The summed E-state index contributed by atoms with van der Waals surface area (Å²) in [6, 6.07) is 0.568. The molecule has 94 valence electrons. The summed E-state index contributed by atoms with van der Waals surface area (Å²) >= 11 is 0. The summed E-state index contributed by atoms with van der Waals surface area (Å²) in [7, 11) is 1.83. The third-order valence-corrected chi connectivity index (χ3v) is 3.23. The second kappa shape index (κ2) is 5.31. The van der Waals surface area contributed by atoms with E-state index in [9.17, 15) is 4.79 Å². The summed E-state index contributed by atoms with van der Waals surface area (Å²) in [4.78, 5) is 14.1. The van der Waals surface area contributed by atoms with Crippen molar-refractivity contribution < 1.29 is 4.79 Å². The monoisotopic (exact) mass is 236 g/mol. The summed E-state index contributed by atoms with van der Waals surface area (Å²) in [5.74, 6) is 0.105. The maximum absolute atomic E-state index is 12.1. The van der Waals surface area contributed by atoms with Crippen LogP contribution in [0.3, 0.4) is 0 Å². The predicted octanol–water partition coefficient (Wildman–Crippen LogP) is 0.634. The van der Waals surface area contributed by atoms with Crippen LogP contribution >= 0.6 is 0 Å². The zero-order chi connectivity index (χ0) is 12.3. The molecule has 17 heavy (non-hydrogen) atoms. The van der Waals surface area contributed by atoms with E-state index in [1.54, 1.807) is 17.1 Å². The number of aryl methyl sites for hydroxylation is 1. The van der Waals surface area contributed by atoms with Crippen LogP contribution < -0.4 is 5.32 Å². The summed E-state index contributed by atoms with van der Waals surface area (Å²) in [5, 5.41) is 7.47. The Labute approximate surface area is 102 Å². The number of nitrogens with zero attached hydrogens (tertiary/aromatic N) is 3. The smallest absolute Gasteiger partial charge is 0.257 e. The molecule has 1 saturated heterocycles. The molecule has 0 aromatic carbocycles. The first-order valence-corrected chi connectivity index (χ1v) is 6.22. The molecule has 1 fully saturated rings. The summed E-state index contributed by atoms with van der Waals surface area (Å²) in [5.41, 5.74) is 0.689. The van der Waals surface area contributed by atoms with Crippen LogP contribution in [0.25, 0.3) is 0 Å². The van der Waals surface area contributed by atoms with Crippen molar-refractivity contribution in [3.8, 4) is 0 Å². The Balaban J connectivity index is 1.90. The van der Waals surface area contributed by atoms with Crippen molar-refractivity contribution in [1.29, 1.82) is 0 Å². The van der Waals surface area contributed by atoms with Gasteiger partial charge in [0.15, 0.2) is 0 Å². The van der Waals surface area contributed by atoms with Gasteiger partial charge in [-0.05, 0) is 19.4 Å². The Morgan fingerprint density at radius 2 is 2.24 bits per heavy atom. The van der Waals surface area contributed by atoms with E-state index >= 15 is 0 Å². The molecule has 1 aliphatic rings. The molecule has 1 aliphatic heterocycles. The van der Waals surface area contributed by atoms with Crippen LogP contribution in [0.5, 0.6) is 0 Å². The Morgan fingerprint density at radius 3 is 2.76 bits per heavy atom. The Kier molecular flexibility index (Phi) is 3.78. The lowest BCUT2D eigenvalue weighted by Gasteiger charge is -2.32. The molecule has 0 aliphatic carbocycles. The molecule has 1 amide bonds. The molecular weight excluding hydrogens is 216 g/mol.